The van der Waals surface area contributed by atoms with Crippen LogP contribution >= 0.6 is 0 Å². The molecule has 2 aromatic carbocycles. The van der Waals surface area contributed by atoms with Gasteiger partial charge in [0.15, 0.2) is 0 Å². The molecular weight excluding hydrogens is 459 g/mol. The number of aromatic nitrogens is 2. The predicted octanol–water partition coefficient (Wildman–Crippen LogP) is 1.51. The molecule has 0 atom stereocenters. The predicted molar refractivity (Wildman–Crippen MR) is 114 cm³/mol. The molecule has 1 aromatic heterocycles. The van der Waals surface area contributed by atoms with E-state index in [9.17, 15) is 21.2 Å². The average Bonchev–Trinajstić information content (AvgIpc) is 3.33. The van der Waals surface area contributed by atoms with E-state index in [2.05, 4.69) is 9.71 Å². The van der Waals surface area contributed by atoms with Crippen molar-refractivity contribution >= 4 is 20.0 Å². The van der Waals surface area contributed by atoms with E-state index in [-0.39, 0.29) is 29.4 Å². The van der Waals surface area contributed by atoms with Crippen LogP contribution in [0.15, 0.2) is 71.0 Å². The summed E-state index contributed by atoms with van der Waals surface area (Å²) in [4.78, 5) is 3.79. The Balaban J connectivity index is 1.45. The SMILES string of the molecule is O=S(=O)(NCc1ccc(-n2ccnc2)c(F)c1)c1ccc(S(=O)(=O)N2CCOCC2)cc1. The van der Waals surface area contributed by atoms with Gasteiger partial charge < -0.3 is 9.30 Å². The number of hydrogen-bond donors (Lipinski definition) is 1. The van der Waals surface area contributed by atoms with Gasteiger partial charge in [-0.2, -0.15) is 4.31 Å². The summed E-state index contributed by atoms with van der Waals surface area (Å²) in [7, 11) is -7.64. The molecule has 9 nitrogen and oxygen atoms in total. The molecule has 1 aliphatic rings. The molecule has 3 aromatic rings. The second-order valence-corrected chi connectivity index (χ2v) is 10.8. The maximum Gasteiger partial charge on any atom is 0.243 e. The maximum absolute atomic E-state index is 14.4. The molecule has 0 aliphatic carbocycles. The van der Waals surface area contributed by atoms with Gasteiger partial charge in [-0.25, -0.2) is 30.9 Å². The van der Waals surface area contributed by atoms with E-state index in [1.807, 2.05) is 0 Å². The van der Waals surface area contributed by atoms with E-state index < -0.39 is 25.9 Å². The van der Waals surface area contributed by atoms with E-state index in [1.165, 1.54) is 57.8 Å². The fraction of sp³-hybridized carbons (Fsp3) is 0.250. The van der Waals surface area contributed by atoms with Crippen LogP contribution in [0.4, 0.5) is 4.39 Å². The van der Waals surface area contributed by atoms with Crippen molar-refractivity contribution in [2.24, 2.45) is 0 Å². The first-order chi connectivity index (χ1) is 15.3. The number of nitrogens with one attached hydrogen (secondary N) is 1. The molecule has 2 heterocycles. The van der Waals surface area contributed by atoms with Crippen molar-refractivity contribution in [3.8, 4) is 5.69 Å². The largest absolute Gasteiger partial charge is 0.379 e. The number of halogens is 1. The number of benzene rings is 2. The molecule has 0 unspecified atom stereocenters. The van der Waals surface area contributed by atoms with Crippen molar-refractivity contribution in [2.45, 2.75) is 16.3 Å². The molecule has 1 N–H and O–H groups in total. The van der Waals surface area contributed by atoms with Crippen LogP contribution in [0.5, 0.6) is 0 Å². The van der Waals surface area contributed by atoms with Crippen molar-refractivity contribution in [2.75, 3.05) is 26.3 Å². The Kier molecular flexibility index (Phi) is 6.40. The van der Waals surface area contributed by atoms with E-state index in [4.69, 9.17) is 4.74 Å². The second kappa shape index (κ2) is 9.08. The summed E-state index contributed by atoms with van der Waals surface area (Å²) >= 11 is 0. The molecule has 0 spiro atoms. The third kappa shape index (κ3) is 4.74. The van der Waals surface area contributed by atoms with Crippen molar-refractivity contribution < 1.29 is 26.0 Å². The van der Waals surface area contributed by atoms with Gasteiger partial charge in [0.25, 0.3) is 0 Å². The second-order valence-electron chi connectivity index (χ2n) is 7.07. The zero-order valence-corrected chi connectivity index (χ0v) is 18.5. The number of hydrogen-bond acceptors (Lipinski definition) is 6. The number of nitrogens with zero attached hydrogens (tertiary/aromatic N) is 3. The monoisotopic (exact) mass is 480 g/mol. The summed E-state index contributed by atoms with van der Waals surface area (Å²) in [5.74, 6) is -0.516. The molecule has 0 saturated carbocycles. The standard InChI is InChI=1S/C20H21FN4O5S2/c21-19-13-16(1-6-20(19)24-8-7-22-15-24)14-23-31(26,27)17-2-4-18(5-3-17)32(28,29)25-9-11-30-12-10-25/h1-8,13,15,23H,9-12,14H2. The highest BCUT2D eigenvalue weighted by atomic mass is 32.2. The lowest BCUT2D eigenvalue weighted by Gasteiger charge is -2.26. The zero-order valence-electron chi connectivity index (χ0n) is 16.9. The van der Waals surface area contributed by atoms with Crippen LogP contribution in [-0.2, 0) is 31.3 Å². The Labute approximate surface area is 185 Å². The summed E-state index contributed by atoms with van der Waals surface area (Å²) in [6.45, 7) is 1.01. The molecule has 0 bridgehead atoms. The number of morpholine rings is 1. The average molecular weight is 481 g/mol. The zero-order chi connectivity index (χ0) is 22.8. The molecule has 1 fully saturated rings. The first-order valence-corrected chi connectivity index (χ1v) is 12.6. The molecule has 12 heteroatoms. The highest BCUT2D eigenvalue weighted by molar-refractivity contribution is 7.89. The minimum absolute atomic E-state index is 0.00973. The van der Waals surface area contributed by atoms with E-state index >= 15 is 0 Å². The van der Waals surface area contributed by atoms with Crippen LogP contribution in [-0.4, -0.2) is 57.0 Å². The Hall–Kier alpha value is -2.64. The number of ether oxygens (including phenoxy) is 1. The summed E-state index contributed by atoms with van der Waals surface area (Å²) in [6.07, 6.45) is 4.59. The van der Waals surface area contributed by atoms with Gasteiger partial charge in [0.05, 0.1) is 35.0 Å². The van der Waals surface area contributed by atoms with Crippen molar-refractivity contribution in [3.05, 3.63) is 72.6 Å². The van der Waals surface area contributed by atoms with Gasteiger partial charge in [0.1, 0.15) is 5.82 Å². The third-order valence-electron chi connectivity index (χ3n) is 5.00. The van der Waals surface area contributed by atoms with Gasteiger partial charge in [0, 0.05) is 32.0 Å². The van der Waals surface area contributed by atoms with Crippen molar-refractivity contribution in [1.29, 1.82) is 0 Å². The van der Waals surface area contributed by atoms with Crippen molar-refractivity contribution in [1.82, 2.24) is 18.6 Å². The van der Waals surface area contributed by atoms with Crippen LogP contribution < -0.4 is 4.72 Å². The molecule has 4 rings (SSSR count). The molecule has 1 aliphatic heterocycles. The van der Waals surface area contributed by atoms with Crippen molar-refractivity contribution in [3.63, 3.8) is 0 Å². The van der Waals surface area contributed by atoms with E-state index in [0.29, 0.717) is 24.5 Å². The van der Waals surface area contributed by atoms with E-state index in [0.717, 1.165) is 0 Å². The molecule has 0 amide bonds. The van der Waals surface area contributed by atoms with Gasteiger partial charge in [0.2, 0.25) is 20.0 Å². The number of rotatable bonds is 7. The highest BCUT2D eigenvalue weighted by Gasteiger charge is 2.26. The Morgan fingerprint density at radius 1 is 1.00 bits per heavy atom. The van der Waals surface area contributed by atoms with Gasteiger partial charge in [-0.1, -0.05) is 6.07 Å². The molecule has 1 saturated heterocycles. The summed E-state index contributed by atoms with van der Waals surface area (Å²) < 4.78 is 75.3. The fourth-order valence-electron chi connectivity index (χ4n) is 3.26. The quantitative estimate of drug-likeness (QED) is 0.549. The third-order valence-corrected chi connectivity index (χ3v) is 8.33. The van der Waals surface area contributed by atoms with Crippen LogP contribution in [0.3, 0.4) is 0 Å². The normalized spacial score (nSPS) is 15.7. The van der Waals surface area contributed by atoms with E-state index in [1.54, 1.807) is 12.3 Å². The molecule has 170 valence electrons. The van der Waals surface area contributed by atoms with Gasteiger partial charge in [-0.3, -0.25) is 0 Å². The first-order valence-electron chi connectivity index (χ1n) is 9.72. The Morgan fingerprint density at radius 3 is 2.31 bits per heavy atom. The smallest absolute Gasteiger partial charge is 0.243 e. The van der Waals surface area contributed by atoms with Crippen LogP contribution in [0, 0.1) is 5.82 Å². The Bertz CT molecular complexity index is 1290. The van der Waals surface area contributed by atoms with Gasteiger partial charge in [-0.15, -0.1) is 0 Å². The fourth-order valence-corrected chi connectivity index (χ4v) is 5.69. The Morgan fingerprint density at radius 2 is 1.69 bits per heavy atom. The lowest BCUT2D eigenvalue weighted by atomic mass is 10.2. The number of imidazole rings is 1. The molecule has 32 heavy (non-hydrogen) atoms. The number of sulfonamides is 2. The highest BCUT2D eigenvalue weighted by Crippen LogP contribution is 2.20. The molecular formula is C20H21FN4O5S2. The van der Waals surface area contributed by atoms with Crippen LogP contribution in [0.25, 0.3) is 5.69 Å². The van der Waals surface area contributed by atoms with Crippen LogP contribution in [0.1, 0.15) is 5.56 Å². The molecule has 0 radical (unpaired) electrons. The van der Waals surface area contributed by atoms with Crippen LogP contribution in [0.2, 0.25) is 0 Å². The lowest BCUT2D eigenvalue weighted by molar-refractivity contribution is 0.0730. The maximum atomic E-state index is 14.4. The van der Waals surface area contributed by atoms with Gasteiger partial charge in [-0.05, 0) is 42.0 Å². The first kappa shape index (κ1) is 22.6. The topological polar surface area (TPSA) is 111 Å². The summed E-state index contributed by atoms with van der Waals surface area (Å²) in [5.41, 5.74) is 0.729. The summed E-state index contributed by atoms with van der Waals surface area (Å²) in [5, 5.41) is 0. The lowest BCUT2D eigenvalue weighted by Crippen LogP contribution is -2.40. The van der Waals surface area contributed by atoms with Gasteiger partial charge >= 0.3 is 0 Å². The summed E-state index contributed by atoms with van der Waals surface area (Å²) in [6, 6.07) is 9.38. The minimum atomic E-state index is -3.93. The minimum Gasteiger partial charge on any atom is -0.379 e.